The van der Waals surface area contributed by atoms with Gasteiger partial charge >= 0.3 is 0 Å². The number of rotatable bonds is 5. The second-order valence-electron chi connectivity index (χ2n) is 8.24. The molecule has 0 radical (unpaired) electrons. The van der Waals surface area contributed by atoms with Gasteiger partial charge in [0.1, 0.15) is 5.75 Å². The highest BCUT2D eigenvalue weighted by atomic mass is 35.5. The first-order valence-electron chi connectivity index (χ1n) is 10.4. The summed E-state index contributed by atoms with van der Waals surface area (Å²) in [6, 6.07) is 18.6. The molecule has 2 aromatic rings. The number of carbonyl (C=O) groups is 1. The van der Waals surface area contributed by atoms with E-state index in [0.717, 1.165) is 50.1 Å². The van der Waals surface area contributed by atoms with E-state index in [9.17, 15) is 4.79 Å². The maximum absolute atomic E-state index is 13.8. The third-order valence-electron chi connectivity index (χ3n) is 6.77. The number of hydrogen-bond donors (Lipinski definition) is 1. The Morgan fingerprint density at radius 3 is 2.31 bits per heavy atom. The van der Waals surface area contributed by atoms with Crippen LogP contribution in [0.2, 0.25) is 0 Å². The van der Waals surface area contributed by atoms with Gasteiger partial charge in [-0.25, -0.2) is 0 Å². The van der Waals surface area contributed by atoms with Crippen molar-refractivity contribution in [2.45, 2.75) is 37.0 Å². The monoisotopic (exact) mass is 414 g/mol. The number of carbonyl (C=O) groups excluding carboxylic acids is 1. The van der Waals surface area contributed by atoms with E-state index < -0.39 is 5.41 Å². The summed E-state index contributed by atoms with van der Waals surface area (Å²) in [7, 11) is 1.67. The summed E-state index contributed by atoms with van der Waals surface area (Å²) < 4.78 is 5.31. The number of likely N-dealkylation sites (tertiary alicyclic amines) is 1. The average molecular weight is 415 g/mol. The summed E-state index contributed by atoms with van der Waals surface area (Å²) in [6.07, 6.45) is 4.07. The van der Waals surface area contributed by atoms with Crippen LogP contribution in [0.15, 0.2) is 54.6 Å². The molecular formula is C24H31ClN2O2. The molecule has 156 valence electrons. The molecular weight excluding hydrogens is 384 g/mol. The lowest BCUT2D eigenvalue weighted by molar-refractivity contribution is -0.136. The predicted octanol–water partition coefficient (Wildman–Crippen LogP) is 4.13. The van der Waals surface area contributed by atoms with Gasteiger partial charge in [0.25, 0.3) is 0 Å². The van der Waals surface area contributed by atoms with Crippen LogP contribution in [0.4, 0.5) is 0 Å². The van der Waals surface area contributed by atoms with Crippen LogP contribution in [0.5, 0.6) is 5.75 Å². The van der Waals surface area contributed by atoms with Crippen LogP contribution < -0.4 is 10.5 Å². The van der Waals surface area contributed by atoms with Crippen molar-refractivity contribution in [3.63, 3.8) is 0 Å². The minimum atomic E-state index is -0.392. The molecule has 0 aromatic heterocycles. The molecule has 1 aliphatic heterocycles. The minimum Gasteiger partial charge on any atom is -0.497 e. The van der Waals surface area contributed by atoms with Crippen molar-refractivity contribution in [2.75, 3.05) is 26.7 Å². The Morgan fingerprint density at radius 1 is 1.07 bits per heavy atom. The molecule has 4 nitrogen and oxygen atoms in total. The van der Waals surface area contributed by atoms with Crippen molar-refractivity contribution in [3.8, 4) is 5.75 Å². The number of amides is 1. The molecule has 1 aliphatic carbocycles. The quantitative estimate of drug-likeness (QED) is 0.800. The zero-order valence-corrected chi connectivity index (χ0v) is 17.9. The zero-order valence-electron chi connectivity index (χ0n) is 17.0. The molecule has 5 heteroatoms. The summed E-state index contributed by atoms with van der Waals surface area (Å²) in [5.41, 5.74) is 8.13. The van der Waals surface area contributed by atoms with Crippen LogP contribution in [-0.4, -0.2) is 37.6 Å². The van der Waals surface area contributed by atoms with Gasteiger partial charge < -0.3 is 15.4 Å². The topological polar surface area (TPSA) is 55.6 Å². The van der Waals surface area contributed by atoms with Crippen LogP contribution in [0.3, 0.4) is 0 Å². The van der Waals surface area contributed by atoms with Gasteiger partial charge in [0.2, 0.25) is 5.91 Å². The molecule has 0 spiro atoms. The summed E-state index contributed by atoms with van der Waals surface area (Å²) in [5, 5.41) is 0. The Hall–Kier alpha value is -2.04. The summed E-state index contributed by atoms with van der Waals surface area (Å²) in [5.74, 6) is 1.76. The molecule has 2 aliphatic rings. The molecule has 1 saturated heterocycles. The minimum absolute atomic E-state index is 0. The number of ether oxygens (including phenoxy) is 1. The second kappa shape index (κ2) is 9.19. The molecule has 1 saturated carbocycles. The normalized spacial score (nSPS) is 22.9. The highest BCUT2D eigenvalue weighted by Crippen LogP contribution is 2.45. The molecule has 2 N–H and O–H groups in total. The van der Waals surface area contributed by atoms with E-state index in [2.05, 4.69) is 41.3 Å². The summed E-state index contributed by atoms with van der Waals surface area (Å²) in [6.45, 7) is 2.13. The largest absolute Gasteiger partial charge is 0.497 e. The second-order valence-corrected chi connectivity index (χ2v) is 8.24. The van der Waals surface area contributed by atoms with Gasteiger partial charge in [-0.3, -0.25) is 4.79 Å². The van der Waals surface area contributed by atoms with Gasteiger partial charge in [0.15, 0.2) is 0 Å². The van der Waals surface area contributed by atoms with Crippen molar-refractivity contribution >= 4 is 18.3 Å². The van der Waals surface area contributed by atoms with E-state index in [1.807, 2.05) is 18.2 Å². The molecule has 0 bridgehead atoms. The van der Waals surface area contributed by atoms with E-state index in [1.54, 1.807) is 7.11 Å². The molecule has 4 rings (SSSR count). The van der Waals surface area contributed by atoms with E-state index in [0.29, 0.717) is 18.4 Å². The van der Waals surface area contributed by atoms with Crippen molar-refractivity contribution in [3.05, 3.63) is 65.7 Å². The van der Waals surface area contributed by atoms with Crippen molar-refractivity contribution in [2.24, 2.45) is 11.7 Å². The van der Waals surface area contributed by atoms with Gasteiger partial charge in [-0.15, -0.1) is 12.4 Å². The maximum atomic E-state index is 13.8. The lowest BCUT2D eigenvalue weighted by Gasteiger charge is -2.33. The highest BCUT2D eigenvalue weighted by Gasteiger charge is 2.47. The van der Waals surface area contributed by atoms with E-state index in [1.165, 1.54) is 5.56 Å². The molecule has 2 atom stereocenters. The molecule has 2 fully saturated rings. The highest BCUT2D eigenvalue weighted by molar-refractivity contribution is 5.89. The number of methoxy groups -OCH3 is 1. The number of hydrogen-bond acceptors (Lipinski definition) is 3. The standard InChI is InChI=1S/C24H30N2O2.ClH/c1-28-21-11-9-20(10-12-21)24(13-5-6-14-24)23(27)26-16-19(15-25)22(17-26)18-7-3-2-4-8-18;/h2-4,7-12,19,22H,5-6,13-17,25H2,1H3;1H/t19-,22+;/m1./s1. The Balaban J connectivity index is 0.00000240. The molecule has 1 heterocycles. The van der Waals surface area contributed by atoms with Crippen molar-refractivity contribution < 1.29 is 9.53 Å². The van der Waals surface area contributed by atoms with Crippen molar-refractivity contribution in [1.82, 2.24) is 4.90 Å². The van der Waals surface area contributed by atoms with Crippen LogP contribution >= 0.6 is 12.4 Å². The third-order valence-corrected chi connectivity index (χ3v) is 6.77. The summed E-state index contributed by atoms with van der Waals surface area (Å²) >= 11 is 0. The first-order valence-corrected chi connectivity index (χ1v) is 10.4. The number of benzene rings is 2. The number of halogens is 1. The fourth-order valence-electron chi connectivity index (χ4n) is 5.17. The summed E-state index contributed by atoms with van der Waals surface area (Å²) in [4.78, 5) is 15.9. The van der Waals surface area contributed by atoms with E-state index >= 15 is 0 Å². The van der Waals surface area contributed by atoms with Gasteiger partial charge in [-0.2, -0.15) is 0 Å². The van der Waals surface area contributed by atoms with Crippen molar-refractivity contribution in [1.29, 1.82) is 0 Å². The van der Waals surface area contributed by atoms with E-state index in [-0.39, 0.29) is 18.3 Å². The smallest absolute Gasteiger partial charge is 0.233 e. The Morgan fingerprint density at radius 2 is 1.72 bits per heavy atom. The lowest BCUT2D eigenvalue weighted by atomic mass is 9.77. The third kappa shape index (κ3) is 4.01. The maximum Gasteiger partial charge on any atom is 0.233 e. The zero-order chi connectivity index (χ0) is 19.6. The van der Waals surface area contributed by atoms with Crippen LogP contribution in [-0.2, 0) is 10.2 Å². The van der Waals surface area contributed by atoms with Crippen LogP contribution in [0.25, 0.3) is 0 Å². The fourth-order valence-corrected chi connectivity index (χ4v) is 5.17. The average Bonchev–Trinajstić information content (AvgIpc) is 3.42. The SMILES string of the molecule is COc1ccc(C2(C(=O)N3C[C@@H](CN)[C@H](c4ccccc4)C3)CCCC2)cc1.Cl. The molecule has 2 aromatic carbocycles. The number of nitrogens with two attached hydrogens (primary N) is 1. The molecule has 29 heavy (non-hydrogen) atoms. The Kier molecular flexibility index (Phi) is 6.86. The molecule has 0 unspecified atom stereocenters. The van der Waals surface area contributed by atoms with Crippen LogP contribution in [0, 0.1) is 5.92 Å². The Bertz CT molecular complexity index is 803. The Labute approximate surface area is 179 Å². The van der Waals surface area contributed by atoms with Gasteiger partial charge in [0, 0.05) is 19.0 Å². The fraction of sp³-hybridized carbons (Fsp3) is 0.458. The van der Waals surface area contributed by atoms with Gasteiger partial charge in [-0.05, 0) is 48.6 Å². The number of nitrogens with zero attached hydrogens (tertiary/aromatic N) is 1. The van der Waals surface area contributed by atoms with Gasteiger partial charge in [-0.1, -0.05) is 55.3 Å². The predicted molar refractivity (Wildman–Crippen MR) is 119 cm³/mol. The van der Waals surface area contributed by atoms with E-state index in [4.69, 9.17) is 10.5 Å². The first-order chi connectivity index (χ1) is 13.7. The molecule has 1 amide bonds. The lowest BCUT2D eigenvalue weighted by Crippen LogP contribution is -2.44. The van der Waals surface area contributed by atoms with Crippen LogP contribution in [0.1, 0.15) is 42.7 Å². The first kappa shape index (κ1) is 21.7. The van der Waals surface area contributed by atoms with Gasteiger partial charge in [0.05, 0.1) is 12.5 Å².